The fraction of sp³-hybridized carbons (Fsp3) is 0.273. The second-order valence-electron chi connectivity index (χ2n) is 3.62. The van der Waals surface area contributed by atoms with Gasteiger partial charge in [0.25, 0.3) is 6.47 Å². The maximum absolute atomic E-state index is 10.5. The lowest BCUT2D eigenvalue weighted by Gasteiger charge is -2.34. The fourth-order valence-corrected chi connectivity index (χ4v) is 2.56. The van der Waals surface area contributed by atoms with E-state index in [1.54, 1.807) is 13.1 Å². The molecule has 1 heterocycles. The van der Waals surface area contributed by atoms with Gasteiger partial charge in [0.1, 0.15) is 3.42 Å². The van der Waals surface area contributed by atoms with Crippen LogP contribution in [0.1, 0.15) is 12.5 Å². The molecule has 1 aromatic carbocycles. The number of ether oxygens (including phenoxy) is 1. The van der Waals surface area contributed by atoms with Gasteiger partial charge in [0.05, 0.1) is 5.69 Å². The highest BCUT2D eigenvalue weighted by Gasteiger charge is 2.51. The maximum Gasteiger partial charge on any atom is 0.294 e. The minimum atomic E-state index is -1.15. The summed E-state index contributed by atoms with van der Waals surface area (Å²) in [6.45, 7) is 2.02. The van der Waals surface area contributed by atoms with Crippen molar-refractivity contribution in [1.82, 2.24) is 0 Å². The van der Waals surface area contributed by atoms with Crippen molar-refractivity contribution in [2.24, 2.45) is 4.99 Å². The molecule has 84 valence electrons. The van der Waals surface area contributed by atoms with Gasteiger partial charge in [-0.1, -0.05) is 52.4 Å². The van der Waals surface area contributed by atoms with Crippen molar-refractivity contribution in [2.45, 2.75) is 15.4 Å². The van der Waals surface area contributed by atoms with E-state index in [0.717, 1.165) is 11.3 Å². The molecule has 3 nitrogen and oxygen atoms in total. The number of benzene rings is 1. The zero-order chi connectivity index (χ0) is 11.8. The van der Waals surface area contributed by atoms with E-state index in [0.29, 0.717) is 6.47 Å². The number of fused-ring (bicyclic) bond motifs is 1. The average molecular weight is 350 g/mol. The number of aliphatic imine (C=N–C) groups is 1. The third-order valence-corrected chi connectivity index (χ3v) is 5.19. The fourth-order valence-electron chi connectivity index (χ4n) is 1.65. The summed E-state index contributed by atoms with van der Waals surface area (Å²) in [5, 5.41) is -1.15. The predicted molar refractivity (Wildman–Crippen MR) is 71.7 cm³/mol. The van der Waals surface area contributed by atoms with E-state index < -0.39 is 8.48 Å². The zero-order valence-corrected chi connectivity index (χ0v) is 11.4. The Morgan fingerprint density at radius 1 is 1.56 bits per heavy atom. The summed E-state index contributed by atoms with van der Waals surface area (Å²) in [6, 6.07) is 7.66. The second kappa shape index (κ2) is 4.00. The van der Waals surface area contributed by atoms with Crippen molar-refractivity contribution in [3.63, 3.8) is 0 Å². The van der Waals surface area contributed by atoms with E-state index in [2.05, 4.69) is 27.6 Å². The van der Waals surface area contributed by atoms with Gasteiger partial charge in [-0.3, -0.25) is 9.79 Å². The molecule has 0 N–H and O–H groups in total. The molecule has 1 aliphatic rings. The van der Waals surface area contributed by atoms with Crippen LogP contribution in [-0.2, 0) is 13.0 Å². The molecule has 0 bridgehead atoms. The van der Waals surface area contributed by atoms with Crippen molar-refractivity contribution in [3.05, 3.63) is 29.8 Å². The molecule has 0 spiro atoms. The predicted octanol–water partition coefficient (Wildman–Crippen LogP) is 3.16. The summed E-state index contributed by atoms with van der Waals surface area (Å²) >= 11 is 8.42. The van der Waals surface area contributed by atoms with E-state index >= 15 is 0 Å². The Labute approximate surface area is 112 Å². The Morgan fingerprint density at radius 2 is 2.25 bits per heavy atom. The maximum atomic E-state index is 10.5. The van der Waals surface area contributed by atoms with Gasteiger partial charge >= 0.3 is 0 Å². The van der Waals surface area contributed by atoms with Crippen molar-refractivity contribution >= 4 is 52.6 Å². The Balaban J connectivity index is 2.50. The summed E-state index contributed by atoms with van der Waals surface area (Å²) in [5.41, 5.74) is 1.81. The lowest BCUT2D eigenvalue weighted by atomic mass is 9.95. The van der Waals surface area contributed by atoms with Crippen LogP contribution in [0.25, 0.3) is 0 Å². The zero-order valence-electron chi connectivity index (χ0n) is 8.48. The average Bonchev–Trinajstić information content (AvgIpc) is 2.59. The number of hydrogen-bond acceptors (Lipinski definition) is 3. The molecule has 0 aliphatic carbocycles. The molecular formula is C11H9ClINO2. The first-order chi connectivity index (χ1) is 7.51. The summed E-state index contributed by atoms with van der Waals surface area (Å²) in [5.74, 6) is 0. The number of alkyl halides is 2. The summed E-state index contributed by atoms with van der Waals surface area (Å²) in [7, 11) is 0. The quantitative estimate of drug-likeness (QED) is 0.478. The van der Waals surface area contributed by atoms with E-state index in [1.807, 2.05) is 24.3 Å². The highest BCUT2D eigenvalue weighted by atomic mass is 127. The lowest BCUT2D eigenvalue weighted by Crippen LogP contribution is -2.42. The molecule has 5 heteroatoms. The largest absolute Gasteiger partial charge is 0.443 e. The van der Waals surface area contributed by atoms with Gasteiger partial charge in [0.15, 0.2) is 0 Å². The molecule has 0 amide bonds. The number of carbonyl (C=O) groups excluding carboxylic acids is 1. The third-order valence-electron chi connectivity index (χ3n) is 2.60. The van der Waals surface area contributed by atoms with E-state index in [4.69, 9.17) is 16.3 Å². The van der Waals surface area contributed by atoms with Crippen LogP contribution < -0.4 is 0 Å². The normalized spacial score (nSPS) is 25.9. The molecule has 0 radical (unpaired) electrons. The number of rotatable bonds is 3. The Bertz CT molecular complexity index is 461. The Kier molecular flexibility index (Phi) is 2.96. The van der Waals surface area contributed by atoms with Crippen molar-refractivity contribution in [3.8, 4) is 0 Å². The number of hydrogen-bond donors (Lipinski definition) is 0. The van der Waals surface area contributed by atoms with Gasteiger partial charge in [-0.05, 0) is 13.0 Å². The molecule has 0 aromatic heterocycles. The van der Waals surface area contributed by atoms with Crippen molar-refractivity contribution in [1.29, 1.82) is 0 Å². The molecule has 16 heavy (non-hydrogen) atoms. The van der Waals surface area contributed by atoms with Gasteiger partial charge in [0.2, 0.25) is 5.06 Å². The van der Waals surface area contributed by atoms with Crippen LogP contribution in [0.4, 0.5) is 5.69 Å². The van der Waals surface area contributed by atoms with Crippen molar-refractivity contribution in [2.75, 3.05) is 0 Å². The summed E-state index contributed by atoms with van der Waals surface area (Å²) < 4.78 is 4.32. The highest BCUT2D eigenvalue weighted by Crippen LogP contribution is 2.51. The van der Waals surface area contributed by atoms with Gasteiger partial charge in [-0.15, -0.1) is 0 Å². The van der Waals surface area contributed by atoms with Crippen LogP contribution in [0, 0.1) is 0 Å². The van der Waals surface area contributed by atoms with E-state index in [-0.39, 0.29) is 0 Å². The minimum Gasteiger partial charge on any atom is -0.443 e. The number of halogens is 2. The first-order valence-electron chi connectivity index (χ1n) is 4.65. The molecule has 2 atom stereocenters. The minimum absolute atomic E-state index is 0.363. The van der Waals surface area contributed by atoms with Crippen LogP contribution in [0.5, 0.6) is 0 Å². The van der Waals surface area contributed by atoms with Crippen LogP contribution in [0.3, 0.4) is 0 Å². The van der Waals surface area contributed by atoms with Crippen LogP contribution in [0.15, 0.2) is 29.3 Å². The molecule has 2 rings (SSSR count). The van der Waals surface area contributed by atoms with E-state index in [9.17, 15) is 4.79 Å². The first-order valence-corrected chi connectivity index (χ1v) is 6.11. The first kappa shape index (κ1) is 11.9. The molecular weight excluding hydrogens is 340 g/mol. The summed E-state index contributed by atoms with van der Waals surface area (Å²) in [6.07, 6.45) is 1.72. The number of carbonyl (C=O) groups is 1. The van der Waals surface area contributed by atoms with Gasteiger partial charge in [-0.25, -0.2) is 0 Å². The topological polar surface area (TPSA) is 38.7 Å². The monoisotopic (exact) mass is 349 g/mol. The van der Waals surface area contributed by atoms with Crippen LogP contribution >= 0.6 is 34.2 Å². The molecule has 0 saturated carbocycles. The smallest absolute Gasteiger partial charge is 0.294 e. The van der Waals surface area contributed by atoms with E-state index in [1.165, 1.54) is 0 Å². The lowest BCUT2D eigenvalue weighted by molar-refractivity contribution is -0.136. The highest BCUT2D eigenvalue weighted by molar-refractivity contribution is 14.1. The standard InChI is InChI=1S/C11H9ClINO2/c1-10(12,16-7-15)11(13)6-14-9-5-3-2-4-8(9)11/h2-7H,1H3. The number of para-hydroxylation sites is 1. The van der Waals surface area contributed by atoms with Gasteiger partial charge in [-0.2, -0.15) is 0 Å². The molecule has 0 saturated heterocycles. The summed E-state index contributed by atoms with van der Waals surface area (Å²) in [4.78, 5) is 14.8. The van der Waals surface area contributed by atoms with Gasteiger partial charge < -0.3 is 4.74 Å². The SMILES string of the molecule is CC(Cl)(OC=O)C1(I)C=Nc2ccccc21. The third kappa shape index (κ3) is 1.64. The second-order valence-corrected chi connectivity index (χ2v) is 6.04. The molecule has 0 fully saturated rings. The number of nitrogens with zero attached hydrogens (tertiary/aromatic N) is 1. The molecule has 1 aliphatic heterocycles. The molecule has 1 aromatic rings. The molecule has 2 unspecified atom stereocenters. The Hall–Kier alpha value is -0.620. The Morgan fingerprint density at radius 3 is 2.94 bits per heavy atom. The van der Waals surface area contributed by atoms with Gasteiger partial charge in [0, 0.05) is 11.8 Å². The van der Waals surface area contributed by atoms with Crippen molar-refractivity contribution < 1.29 is 9.53 Å². The van der Waals surface area contributed by atoms with Crippen LogP contribution in [-0.4, -0.2) is 17.7 Å². The van der Waals surface area contributed by atoms with Crippen LogP contribution in [0.2, 0.25) is 0 Å².